The molecule has 0 unspecified atom stereocenters. The lowest BCUT2D eigenvalue weighted by atomic mass is 9.78. The van der Waals surface area contributed by atoms with E-state index in [2.05, 4.69) is 44.0 Å². The second kappa shape index (κ2) is 6.48. The van der Waals surface area contributed by atoms with Gasteiger partial charge in [-0.2, -0.15) is 0 Å². The fraction of sp³-hybridized carbons (Fsp3) is 0.545. The van der Waals surface area contributed by atoms with Gasteiger partial charge in [0.15, 0.2) is 0 Å². The van der Waals surface area contributed by atoms with Gasteiger partial charge in [-0.05, 0) is 36.8 Å². The molecular weight excluding hydrogens is 336 g/mol. The van der Waals surface area contributed by atoms with Crippen molar-refractivity contribution < 1.29 is 4.79 Å². The monoisotopic (exact) mass is 364 g/mol. The van der Waals surface area contributed by atoms with Crippen LogP contribution in [-0.2, 0) is 29.6 Å². The Labute approximate surface area is 160 Å². The fourth-order valence-corrected chi connectivity index (χ4v) is 5.59. The molecule has 5 rings (SSSR count). The van der Waals surface area contributed by atoms with Crippen molar-refractivity contribution in [3.63, 3.8) is 0 Å². The topological polar surface area (TPSA) is 52.2 Å². The summed E-state index contributed by atoms with van der Waals surface area (Å²) >= 11 is 0. The van der Waals surface area contributed by atoms with E-state index in [4.69, 9.17) is 0 Å². The highest BCUT2D eigenvalue weighted by Crippen LogP contribution is 2.43. The average molecular weight is 364 g/mol. The molecular formula is C22H28N4O. The van der Waals surface area contributed by atoms with E-state index in [0.29, 0.717) is 12.5 Å². The minimum absolute atomic E-state index is 0.206. The molecule has 142 valence electrons. The Kier molecular flexibility index (Phi) is 4.08. The van der Waals surface area contributed by atoms with E-state index in [1.54, 1.807) is 0 Å². The van der Waals surface area contributed by atoms with Gasteiger partial charge in [-0.25, -0.2) is 4.98 Å². The van der Waals surface area contributed by atoms with E-state index < -0.39 is 0 Å². The van der Waals surface area contributed by atoms with Crippen LogP contribution < -0.4 is 0 Å². The standard InChI is InChI=1S/C22H28N4O/c1-2-20(27)26-10-7-19-21(24-15-23-19)22(26)8-11-25(12-9-22)18-13-16-5-3-4-6-17(16)14-18/h3-6,15,18H,2,7-14H2,1H3,(H,23,24). The van der Waals surface area contributed by atoms with Crippen LogP contribution in [0.3, 0.4) is 0 Å². The summed E-state index contributed by atoms with van der Waals surface area (Å²) in [4.78, 5) is 25.5. The third-order valence-electron chi connectivity index (χ3n) is 7.04. The first kappa shape index (κ1) is 17.0. The predicted molar refractivity (Wildman–Crippen MR) is 104 cm³/mol. The summed E-state index contributed by atoms with van der Waals surface area (Å²) in [6.07, 6.45) is 7.58. The Morgan fingerprint density at radius 3 is 2.56 bits per heavy atom. The van der Waals surface area contributed by atoms with Crippen molar-refractivity contribution in [2.24, 2.45) is 0 Å². The highest BCUT2D eigenvalue weighted by Gasteiger charge is 2.49. The maximum absolute atomic E-state index is 12.7. The lowest BCUT2D eigenvalue weighted by Crippen LogP contribution is -2.59. The van der Waals surface area contributed by atoms with Gasteiger partial charge in [0.2, 0.25) is 5.91 Å². The van der Waals surface area contributed by atoms with Crippen LogP contribution >= 0.6 is 0 Å². The maximum Gasteiger partial charge on any atom is 0.223 e. The van der Waals surface area contributed by atoms with Gasteiger partial charge in [0.25, 0.3) is 0 Å². The lowest BCUT2D eigenvalue weighted by Gasteiger charge is -2.51. The van der Waals surface area contributed by atoms with Crippen LogP contribution in [0.5, 0.6) is 0 Å². The maximum atomic E-state index is 12.7. The number of rotatable bonds is 2. The second-order valence-corrected chi connectivity index (χ2v) is 8.28. The number of imidazole rings is 1. The van der Waals surface area contributed by atoms with Gasteiger partial charge in [-0.3, -0.25) is 9.69 Å². The van der Waals surface area contributed by atoms with Gasteiger partial charge in [0.05, 0.1) is 17.6 Å². The number of H-pyrrole nitrogens is 1. The van der Waals surface area contributed by atoms with E-state index >= 15 is 0 Å². The molecule has 0 atom stereocenters. The average Bonchev–Trinajstić information content (AvgIpc) is 3.35. The zero-order valence-corrected chi connectivity index (χ0v) is 16.1. The largest absolute Gasteiger partial charge is 0.348 e. The molecule has 1 aromatic carbocycles. The minimum atomic E-state index is -0.206. The molecule has 0 bridgehead atoms. The Balaban J connectivity index is 1.37. The molecule has 5 nitrogen and oxygen atoms in total. The molecule has 2 aromatic rings. The molecule has 1 aromatic heterocycles. The fourth-order valence-electron chi connectivity index (χ4n) is 5.59. The normalized spacial score (nSPS) is 22.0. The molecule has 0 radical (unpaired) electrons. The molecule has 3 heterocycles. The number of piperidine rings is 1. The molecule has 1 spiro atoms. The Bertz CT molecular complexity index is 825. The zero-order valence-electron chi connectivity index (χ0n) is 16.1. The Hall–Kier alpha value is -2.14. The number of hydrogen-bond acceptors (Lipinski definition) is 3. The molecule has 1 N–H and O–H groups in total. The Morgan fingerprint density at radius 1 is 1.19 bits per heavy atom. The van der Waals surface area contributed by atoms with Gasteiger partial charge >= 0.3 is 0 Å². The summed E-state index contributed by atoms with van der Waals surface area (Å²) in [6.45, 7) is 4.87. The molecule has 1 saturated heterocycles. The first-order valence-corrected chi connectivity index (χ1v) is 10.4. The third kappa shape index (κ3) is 2.63. The van der Waals surface area contributed by atoms with Crippen molar-refractivity contribution in [3.05, 3.63) is 53.1 Å². The smallest absolute Gasteiger partial charge is 0.223 e. The zero-order chi connectivity index (χ0) is 18.4. The van der Waals surface area contributed by atoms with E-state index in [1.807, 2.05) is 13.3 Å². The molecule has 5 heteroatoms. The van der Waals surface area contributed by atoms with E-state index in [0.717, 1.165) is 57.4 Å². The van der Waals surface area contributed by atoms with Crippen LogP contribution in [-0.4, -0.2) is 51.4 Å². The van der Waals surface area contributed by atoms with Crippen molar-refractivity contribution in [2.45, 2.75) is 57.0 Å². The summed E-state index contributed by atoms with van der Waals surface area (Å²) in [5.41, 5.74) is 5.18. The molecule has 27 heavy (non-hydrogen) atoms. The van der Waals surface area contributed by atoms with Crippen molar-refractivity contribution in [1.82, 2.24) is 19.8 Å². The van der Waals surface area contributed by atoms with Crippen LogP contribution in [0.1, 0.15) is 48.7 Å². The summed E-state index contributed by atoms with van der Waals surface area (Å²) in [6, 6.07) is 9.47. The van der Waals surface area contributed by atoms with Crippen LogP contribution in [0.15, 0.2) is 30.6 Å². The van der Waals surface area contributed by atoms with Crippen LogP contribution in [0.2, 0.25) is 0 Å². The highest BCUT2D eigenvalue weighted by atomic mass is 16.2. The van der Waals surface area contributed by atoms with Crippen LogP contribution in [0, 0.1) is 0 Å². The van der Waals surface area contributed by atoms with Crippen LogP contribution in [0.25, 0.3) is 0 Å². The number of fused-ring (bicyclic) bond motifs is 3. The number of aromatic amines is 1. The first-order chi connectivity index (χ1) is 13.2. The summed E-state index contributed by atoms with van der Waals surface area (Å²) in [7, 11) is 0. The summed E-state index contributed by atoms with van der Waals surface area (Å²) < 4.78 is 0. The van der Waals surface area contributed by atoms with Gasteiger partial charge in [0.1, 0.15) is 0 Å². The quantitative estimate of drug-likeness (QED) is 0.891. The molecule has 0 saturated carbocycles. The first-order valence-electron chi connectivity index (χ1n) is 10.4. The number of hydrogen-bond donors (Lipinski definition) is 1. The third-order valence-corrected chi connectivity index (χ3v) is 7.04. The molecule has 1 amide bonds. The van der Waals surface area contributed by atoms with Crippen molar-refractivity contribution in [2.75, 3.05) is 19.6 Å². The number of benzene rings is 1. The lowest BCUT2D eigenvalue weighted by molar-refractivity contribution is -0.142. The number of likely N-dealkylation sites (tertiary alicyclic amines) is 1. The SMILES string of the molecule is CCC(=O)N1CCc2[nH]cnc2C12CCN(C1Cc3ccccc3C1)CC2. The minimum Gasteiger partial charge on any atom is -0.348 e. The van der Waals surface area contributed by atoms with Crippen LogP contribution in [0.4, 0.5) is 0 Å². The van der Waals surface area contributed by atoms with Crippen molar-refractivity contribution >= 4 is 5.91 Å². The van der Waals surface area contributed by atoms with Gasteiger partial charge < -0.3 is 9.88 Å². The van der Waals surface area contributed by atoms with E-state index in [-0.39, 0.29) is 11.4 Å². The number of amides is 1. The molecule has 1 fully saturated rings. The number of nitrogens with zero attached hydrogens (tertiary/aromatic N) is 3. The number of aromatic nitrogens is 2. The van der Waals surface area contributed by atoms with Gasteiger partial charge in [-0.15, -0.1) is 0 Å². The van der Waals surface area contributed by atoms with Crippen molar-refractivity contribution in [1.29, 1.82) is 0 Å². The molecule has 3 aliphatic rings. The predicted octanol–water partition coefficient (Wildman–Crippen LogP) is 2.66. The number of carbonyl (C=O) groups excluding carboxylic acids is 1. The molecule has 1 aliphatic carbocycles. The van der Waals surface area contributed by atoms with E-state index in [1.165, 1.54) is 16.8 Å². The van der Waals surface area contributed by atoms with Gasteiger partial charge in [0, 0.05) is 44.2 Å². The molecule has 2 aliphatic heterocycles. The Morgan fingerprint density at radius 2 is 1.89 bits per heavy atom. The highest BCUT2D eigenvalue weighted by molar-refractivity contribution is 5.77. The van der Waals surface area contributed by atoms with E-state index in [9.17, 15) is 4.79 Å². The second-order valence-electron chi connectivity index (χ2n) is 8.28. The van der Waals surface area contributed by atoms with Gasteiger partial charge in [-0.1, -0.05) is 31.2 Å². The van der Waals surface area contributed by atoms with Crippen molar-refractivity contribution in [3.8, 4) is 0 Å². The number of carbonyl (C=O) groups is 1. The number of nitrogens with one attached hydrogen (secondary N) is 1. The summed E-state index contributed by atoms with van der Waals surface area (Å²) in [5, 5.41) is 0. The summed E-state index contributed by atoms with van der Waals surface area (Å²) in [5.74, 6) is 0.269.